The third-order valence-corrected chi connectivity index (χ3v) is 11.0. The van der Waals surface area contributed by atoms with Gasteiger partial charge in [-0.2, -0.15) is 0 Å². The van der Waals surface area contributed by atoms with Gasteiger partial charge in [0.15, 0.2) is 0 Å². The summed E-state index contributed by atoms with van der Waals surface area (Å²) in [4.78, 5) is 14.2. The van der Waals surface area contributed by atoms with Crippen LogP contribution in [0.5, 0.6) is 0 Å². The molecule has 1 spiro atoms. The number of likely N-dealkylation sites (tertiary alicyclic amines) is 1. The highest BCUT2D eigenvalue weighted by molar-refractivity contribution is 7.92. The molecule has 1 N–H and O–H groups in total. The molecule has 2 aliphatic heterocycles. The number of hydrogen-bond acceptors (Lipinski definition) is 4. The predicted molar refractivity (Wildman–Crippen MR) is 154 cm³/mol. The number of hydrogen-bond donors (Lipinski definition) is 1. The lowest BCUT2D eigenvalue weighted by Gasteiger charge is -2.45. The van der Waals surface area contributed by atoms with Gasteiger partial charge in [0.25, 0.3) is 10.0 Å². The molecule has 3 aromatic rings. The Morgan fingerprint density at radius 2 is 1.73 bits per heavy atom. The van der Waals surface area contributed by atoms with Crippen molar-refractivity contribution in [2.75, 3.05) is 17.4 Å². The smallest absolute Gasteiger partial charge is 0.264 e. The summed E-state index contributed by atoms with van der Waals surface area (Å²) >= 11 is 6.33. The number of benzene rings is 3. The molecule has 2 fully saturated rings. The molecule has 0 aromatic heterocycles. The van der Waals surface area contributed by atoms with Crippen molar-refractivity contribution in [1.29, 1.82) is 0 Å². The van der Waals surface area contributed by atoms with E-state index in [9.17, 15) is 17.6 Å². The first-order valence-corrected chi connectivity index (χ1v) is 15.7. The van der Waals surface area contributed by atoms with Gasteiger partial charge in [0.2, 0.25) is 5.91 Å². The minimum absolute atomic E-state index is 0.0457. The molecule has 1 unspecified atom stereocenters. The molecular formula is C31H33ClFN3O3S. The fraction of sp³-hybridized carbons (Fsp3) is 0.387. The highest BCUT2D eigenvalue weighted by Gasteiger charge is 2.60. The van der Waals surface area contributed by atoms with Crippen molar-refractivity contribution in [2.45, 2.75) is 62.0 Å². The van der Waals surface area contributed by atoms with Crippen LogP contribution in [0.25, 0.3) is 0 Å². The van der Waals surface area contributed by atoms with E-state index >= 15 is 0 Å². The molecular weight excluding hydrogens is 549 g/mol. The molecule has 0 radical (unpaired) electrons. The summed E-state index contributed by atoms with van der Waals surface area (Å²) in [6, 6.07) is 18.7. The lowest BCUT2D eigenvalue weighted by Crippen LogP contribution is -2.54. The van der Waals surface area contributed by atoms with Gasteiger partial charge in [-0.25, -0.2) is 12.8 Å². The van der Waals surface area contributed by atoms with Gasteiger partial charge in [0.1, 0.15) is 5.82 Å². The Balaban J connectivity index is 1.39. The van der Waals surface area contributed by atoms with E-state index in [0.717, 1.165) is 29.5 Å². The highest BCUT2D eigenvalue weighted by atomic mass is 35.5. The second kappa shape index (κ2) is 10.5. The van der Waals surface area contributed by atoms with E-state index in [4.69, 9.17) is 11.6 Å². The molecule has 1 amide bonds. The lowest BCUT2D eigenvalue weighted by atomic mass is 9.68. The Morgan fingerprint density at radius 1 is 1.02 bits per heavy atom. The molecule has 0 bridgehead atoms. The molecule has 1 aliphatic carbocycles. The number of piperidine rings is 1. The standard InChI is InChI=1S/C31H33ClFN3O3S/c1-21(37)35-16-14-31(15-17-35)27-18-22(19-34-20-24-4-2-3-5-28(24)32)6-13-29(27)36(30(31)23-7-8-23)40(38,39)26-11-9-25(33)10-12-26/h2-6,9-13,18,23,30,34H,7-8,14-17,19-20H2,1H3. The number of amides is 1. The average molecular weight is 582 g/mol. The van der Waals surface area contributed by atoms with E-state index in [1.165, 1.54) is 24.3 Å². The van der Waals surface area contributed by atoms with E-state index < -0.39 is 21.3 Å². The maximum absolute atomic E-state index is 14.2. The Bertz CT molecular complexity index is 1530. The van der Waals surface area contributed by atoms with Crippen LogP contribution in [0.2, 0.25) is 5.02 Å². The van der Waals surface area contributed by atoms with Crippen LogP contribution in [0.1, 0.15) is 49.3 Å². The first kappa shape index (κ1) is 27.2. The quantitative estimate of drug-likeness (QED) is 0.392. The SMILES string of the molecule is CC(=O)N1CCC2(CC1)c1cc(CNCc3ccccc3Cl)ccc1N(S(=O)(=O)c1ccc(F)cc1)C2C1CC1. The number of rotatable bonds is 7. The molecule has 40 heavy (non-hydrogen) atoms. The van der Waals surface area contributed by atoms with E-state index in [1.807, 2.05) is 41.3 Å². The average Bonchev–Trinajstić information content (AvgIpc) is 3.74. The molecule has 2 heterocycles. The molecule has 1 atom stereocenters. The Kier molecular flexibility index (Phi) is 7.13. The number of halogens is 2. The van der Waals surface area contributed by atoms with Gasteiger partial charge >= 0.3 is 0 Å². The first-order chi connectivity index (χ1) is 19.2. The van der Waals surface area contributed by atoms with Crippen molar-refractivity contribution in [3.63, 3.8) is 0 Å². The van der Waals surface area contributed by atoms with Gasteiger partial charge in [0, 0.05) is 43.5 Å². The Hall–Kier alpha value is -2.94. The summed E-state index contributed by atoms with van der Waals surface area (Å²) in [6.07, 6.45) is 3.34. The number of nitrogens with one attached hydrogen (secondary N) is 1. The number of carbonyl (C=O) groups excluding carboxylic acids is 1. The topological polar surface area (TPSA) is 69.7 Å². The monoisotopic (exact) mass is 581 g/mol. The zero-order chi connectivity index (χ0) is 28.1. The van der Waals surface area contributed by atoms with Crippen LogP contribution in [0.4, 0.5) is 10.1 Å². The van der Waals surface area contributed by atoms with Gasteiger partial charge in [-0.1, -0.05) is 41.9 Å². The normalized spacial score (nSPS) is 20.1. The fourth-order valence-electron chi connectivity index (χ4n) is 6.64. The van der Waals surface area contributed by atoms with Gasteiger partial charge in [-0.05, 0) is 84.7 Å². The van der Waals surface area contributed by atoms with Crippen LogP contribution >= 0.6 is 11.6 Å². The molecule has 3 aliphatic rings. The second-order valence-electron chi connectivity index (χ2n) is 11.2. The van der Waals surface area contributed by atoms with Crippen LogP contribution in [0.3, 0.4) is 0 Å². The maximum Gasteiger partial charge on any atom is 0.264 e. The number of nitrogens with zero attached hydrogens (tertiary/aromatic N) is 2. The summed E-state index contributed by atoms with van der Waals surface area (Å²) in [7, 11) is -3.94. The Labute approximate surface area is 240 Å². The van der Waals surface area contributed by atoms with Crippen molar-refractivity contribution in [2.24, 2.45) is 5.92 Å². The van der Waals surface area contributed by atoms with Crippen LogP contribution < -0.4 is 9.62 Å². The van der Waals surface area contributed by atoms with E-state index in [-0.39, 0.29) is 22.8 Å². The van der Waals surface area contributed by atoms with Crippen molar-refractivity contribution in [3.05, 3.63) is 94.3 Å². The molecule has 1 saturated carbocycles. The van der Waals surface area contributed by atoms with Crippen molar-refractivity contribution in [1.82, 2.24) is 10.2 Å². The Morgan fingerprint density at radius 3 is 2.38 bits per heavy atom. The van der Waals surface area contributed by atoms with Crippen LogP contribution in [-0.2, 0) is 33.3 Å². The molecule has 9 heteroatoms. The predicted octanol–water partition coefficient (Wildman–Crippen LogP) is 5.64. The van der Waals surface area contributed by atoms with Gasteiger partial charge in [-0.15, -0.1) is 0 Å². The van der Waals surface area contributed by atoms with Crippen LogP contribution in [0.15, 0.2) is 71.6 Å². The number of anilines is 1. The van der Waals surface area contributed by atoms with Gasteiger partial charge in [0.05, 0.1) is 16.6 Å². The lowest BCUT2D eigenvalue weighted by molar-refractivity contribution is -0.130. The first-order valence-electron chi connectivity index (χ1n) is 13.8. The summed E-state index contributed by atoms with van der Waals surface area (Å²) < 4.78 is 43.8. The number of carbonyl (C=O) groups is 1. The molecule has 3 aromatic carbocycles. The van der Waals surface area contributed by atoms with Crippen molar-refractivity contribution < 1.29 is 17.6 Å². The zero-order valence-corrected chi connectivity index (χ0v) is 24.0. The minimum Gasteiger partial charge on any atom is -0.343 e. The molecule has 6 rings (SSSR count). The van der Waals surface area contributed by atoms with Gasteiger partial charge < -0.3 is 10.2 Å². The fourth-order valence-corrected chi connectivity index (χ4v) is 8.64. The number of sulfonamides is 1. The summed E-state index contributed by atoms with van der Waals surface area (Å²) in [5, 5.41) is 4.19. The van der Waals surface area contributed by atoms with E-state index in [1.54, 1.807) is 11.2 Å². The zero-order valence-electron chi connectivity index (χ0n) is 22.4. The third kappa shape index (κ3) is 4.80. The van der Waals surface area contributed by atoms with Crippen molar-refractivity contribution >= 4 is 33.2 Å². The van der Waals surface area contributed by atoms with E-state index in [2.05, 4.69) is 11.4 Å². The maximum atomic E-state index is 14.2. The van der Waals surface area contributed by atoms with Crippen molar-refractivity contribution in [3.8, 4) is 0 Å². The van der Waals surface area contributed by atoms with Crippen LogP contribution in [-0.4, -0.2) is 38.4 Å². The highest BCUT2D eigenvalue weighted by Crippen LogP contribution is 2.59. The summed E-state index contributed by atoms with van der Waals surface area (Å²) in [5.74, 6) is -0.181. The molecule has 6 nitrogen and oxygen atoms in total. The second-order valence-corrected chi connectivity index (χ2v) is 13.5. The minimum atomic E-state index is -3.94. The molecule has 1 saturated heterocycles. The largest absolute Gasteiger partial charge is 0.343 e. The summed E-state index contributed by atoms with van der Waals surface area (Å²) in [6.45, 7) is 4.00. The van der Waals surface area contributed by atoms with E-state index in [0.29, 0.717) is 49.7 Å². The molecule has 210 valence electrons. The third-order valence-electron chi connectivity index (χ3n) is 8.80. The van der Waals surface area contributed by atoms with Crippen LogP contribution in [0, 0.1) is 11.7 Å². The summed E-state index contributed by atoms with van der Waals surface area (Å²) in [5.41, 5.74) is 3.43. The number of fused-ring (bicyclic) bond motifs is 2. The van der Waals surface area contributed by atoms with Gasteiger partial charge in [-0.3, -0.25) is 9.10 Å².